The van der Waals surface area contributed by atoms with Gasteiger partial charge in [-0.25, -0.2) is 4.79 Å². The molecule has 23 heavy (non-hydrogen) atoms. The van der Waals surface area contributed by atoms with Gasteiger partial charge in [0.2, 0.25) is 0 Å². The molecule has 0 unspecified atom stereocenters. The van der Waals surface area contributed by atoms with E-state index in [0.29, 0.717) is 12.1 Å². The van der Waals surface area contributed by atoms with Crippen molar-refractivity contribution in [1.29, 1.82) is 0 Å². The molecule has 0 heterocycles. The van der Waals surface area contributed by atoms with E-state index in [2.05, 4.69) is 10.6 Å². The molecule has 0 aliphatic carbocycles. The molecule has 0 fully saturated rings. The molecule has 0 aromatic heterocycles. The van der Waals surface area contributed by atoms with Crippen LogP contribution in [0.25, 0.3) is 0 Å². The Bertz CT molecular complexity index is 670. The maximum atomic E-state index is 12.6. The number of alkyl halides is 3. The molecule has 2 aromatic carbocycles. The third-order valence-electron chi connectivity index (χ3n) is 3.06. The molecule has 0 saturated heterocycles. The molecule has 7 heteroatoms. The van der Waals surface area contributed by atoms with Crippen LogP contribution in [-0.4, -0.2) is 17.7 Å². The van der Waals surface area contributed by atoms with Gasteiger partial charge in [-0.3, -0.25) is 0 Å². The Morgan fingerprint density at radius 3 is 2.26 bits per heavy atom. The Balaban J connectivity index is 1.99. The third-order valence-corrected chi connectivity index (χ3v) is 3.06. The van der Waals surface area contributed by atoms with E-state index in [1.807, 2.05) is 0 Å². The minimum absolute atomic E-state index is 0.0306. The van der Waals surface area contributed by atoms with E-state index in [9.17, 15) is 18.0 Å². The topological polar surface area (TPSA) is 61.4 Å². The van der Waals surface area contributed by atoms with Gasteiger partial charge in [-0.1, -0.05) is 18.2 Å². The molecule has 0 saturated carbocycles. The van der Waals surface area contributed by atoms with Gasteiger partial charge in [-0.15, -0.1) is 0 Å². The summed E-state index contributed by atoms with van der Waals surface area (Å²) in [7, 11) is 0. The lowest BCUT2D eigenvalue weighted by atomic mass is 10.1. The molecular formula is C16H15F3N2O2. The van der Waals surface area contributed by atoms with Crippen LogP contribution in [0.5, 0.6) is 0 Å². The van der Waals surface area contributed by atoms with Crippen LogP contribution in [-0.2, 0) is 12.6 Å². The lowest BCUT2D eigenvalue weighted by Crippen LogP contribution is -2.19. The first-order chi connectivity index (χ1) is 10.9. The first kappa shape index (κ1) is 16.8. The molecule has 3 N–H and O–H groups in total. The fourth-order valence-corrected chi connectivity index (χ4v) is 1.95. The van der Waals surface area contributed by atoms with Crippen LogP contribution in [0.3, 0.4) is 0 Å². The number of hydrogen-bond acceptors (Lipinski definition) is 2. The highest BCUT2D eigenvalue weighted by molar-refractivity contribution is 5.99. The molecule has 0 radical (unpaired) electrons. The zero-order chi connectivity index (χ0) is 16.9. The van der Waals surface area contributed by atoms with Crippen molar-refractivity contribution in [3.05, 3.63) is 59.7 Å². The lowest BCUT2D eigenvalue weighted by molar-refractivity contribution is -0.137. The number of aliphatic hydroxyl groups excluding tert-OH is 1. The van der Waals surface area contributed by atoms with Crippen LogP contribution in [0.15, 0.2) is 48.5 Å². The van der Waals surface area contributed by atoms with Gasteiger partial charge in [0.25, 0.3) is 0 Å². The molecule has 2 amide bonds. The highest BCUT2D eigenvalue weighted by atomic mass is 19.4. The average Bonchev–Trinajstić information content (AvgIpc) is 2.49. The maximum absolute atomic E-state index is 12.6. The van der Waals surface area contributed by atoms with Gasteiger partial charge in [0.15, 0.2) is 0 Å². The standard InChI is InChI=1S/C16H15F3N2O2/c17-16(18,19)12-2-1-3-14(10-12)21-15(23)20-13-6-4-11(5-7-13)8-9-22/h1-7,10,22H,8-9H2,(H2,20,21,23). The van der Waals surface area contributed by atoms with Crippen molar-refractivity contribution in [2.24, 2.45) is 0 Å². The van der Waals surface area contributed by atoms with Gasteiger partial charge >= 0.3 is 12.2 Å². The molecule has 0 atom stereocenters. The van der Waals surface area contributed by atoms with Gasteiger partial charge < -0.3 is 15.7 Å². The van der Waals surface area contributed by atoms with Crippen molar-refractivity contribution in [1.82, 2.24) is 0 Å². The predicted molar refractivity (Wildman–Crippen MR) is 81.3 cm³/mol. The normalized spacial score (nSPS) is 11.1. The van der Waals surface area contributed by atoms with Crippen LogP contribution >= 0.6 is 0 Å². The Hall–Kier alpha value is -2.54. The van der Waals surface area contributed by atoms with Crippen molar-refractivity contribution in [2.75, 3.05) is 17.2 Å². The molecule has 0 bridgehead atoms. The molecule has 2 rings (SSSR count). The van der Waals surface area contributed by atoms with E-state index in [1.54, 1.807) is 24.3 Å². The summed E-state index contributed by atoms with van der Waals surface area (Å²) >= 11 is 0. The quantitative estimate of drug-likeness (QED) is 0.799. The maximum Gasteiger partial charge on any atom is 0.416 e. The second-order valence-electron chi connectivity index (χ2n) is 4.83. The summed E-state index contributed by atoms with van der Waals surface area (Å²) in [5, 5.41) is 13.7. The molecule has 0 aliphatic rings. The van der Waals surface area contributed by atoms with Crippen LogP contribution < -0.4 is 10.6 Å². The Labute approximate surface area is 131 Å². The van der Waals surface area contributed by atoms with Gasteiger partial charge in [0.05, 0.1) is 5.56 Å². The number of nitrogens with one attached hydrogen (secondary N) is 2. The van der Waals surface area contributed by atoms with Gasteiger partial charge in [-0.2, -0.15) is 13.2 Å². The second kappa shape index (κ2) is 7.15. The second-order valence-corrected chi connectivity index (χ2v) is 4.83. The summed E-state index contributed by atoms with van der Waals surface area (Å²) in [5.74, 6) is 0. The van der Waals surface area contributed by atoms with Crippen LogP contribution in [0.1, 0.15) is 11.1 Å². The summed E-state index contributed by atoms with van der Waals surface area (Å²) < 4.78 is 37.8. The molecular weight excluding hydrogens is 309 g/mol. The van der Waals surface area contributed by atoms with Crippen molar-refractivity contribution in [3.63, 3.8) is 0 Å². The van der Waals surface area contributed by atoms with Gasteiger partial charge in [-0.05, 0) is 42.3 Å². The summed E-state index contributed by atoms with van der Waals surface area (Å²) in [6.45, 7) is 0.0306. The minimum atomic E-state index is -4.46. The van der Waals surface area contributed by atoms with Gasteiger partial charge in [0, 0.05) is 18.0 Å². The Morgan fingerprint density at radius 2 is 1.65 bits per heavy atom. The fourth-order valence-electron chi connectivity index (χ4n) is 1.95. The first-order valence-electron chi connectivity index (χ1n) is 6.83. The first-order valence-corrected chi connectivity index (χ1v) is 6.83. The Kier molecular flexibility index (Phi) is 5.23. The zero-order valence-corrected chi connectivity index (χ0v) is 12.0. The van der Waals surface area contributed by atoms with Gasteiger partial charge in [0.1, 0.15) is 0 Å². The number of urea groups is 1. The number of amides is 2. The molecule has 2 aromatic rings. The van der Waals surface area contributed by atoms with E-state index in [0.717, 1.165) is 17.7 Å². The van der Waals surface area contributed by atoms with E-state index in [1.165, 1.54) is 12.1 Å². The number of carbonyl (C=O) groups excluding carboxylic acids is 1. The van der Waals surface area contributed by atoms with Crippen molar-refractivity contribution in [2.45, 2.75) is 12.6 Å². The number of aliphatic hydroxyl groups is 1. The molecule has 122 valence electrons. The molecule has 0 spiro atoms. The summed E-state index contributed by atoms with van der Waals surface area (Å²) in [6, 6.07) is 10.5. The van der Waals surface area contributed by atoms with Crippen LogP contribution in [0, 0.1) is 0 Å². The fraction of sp³-hybridized carbons (Fsp3) is 0.188. The highest BCUT2D eigenvalue weighted by Crippen LogP contribution is 2.30. The SMILES string of the molecule is O=C(Nc1ccc(CCO)cc1)Nc1cccc(C(F)(F)F)c1. The van der Waals surface area contributed by atoms with E-state index < -0.39 is 17.8 Å². The van der Waals surface area contributed by atoms with E-state index >= 15 is 0 Å². The summed E-state index contributed by atoms with van der Waals surface area (Å²) in [5.41, 5.74) is 0.630. The van der Waals surface area contributed by atoms with Crippen LogP contribution in [0.4, 0.5) is 29.3 Å². The lowest BCUT2D eigenvalue weighted by Gasteiger charge is -2.11. The number of hydrogen-bond donors (Lipinski definition) is 3. The molecule has 0 aliphatic heterocycles. The molecule has 4 nitrogen and oxygen atoms in total. The smallest absolute Gasteiger partial charge is 0.396 e. The average molecular weight is 324 g/mol. The number of halogens is 3. The number of carbonyl (C=O) groups is 1. The van der Waals surface area contributed by atoms with Crippen molar-refractivity contribution >= 4 is 17.4 Å². The highest BCUT2D eigenvalue weighted by Gasteiger charge is 2.30. The number of benzene rings is 2. The Morgan fingerprint density at radius 1 is 1.00 bits per heavy atom. The predicted octanol–water partition coefficient (Wildman–Crippen LogP) is 3.88. The van der Waals surface area contributed by atoms with E-state index in [-0.39, 0.29) is 12.3 Å². The summed E-state index contributed by atoms with van der Waals surface area (Å²) in [6.07, 6.45) is -3.95. The third kappa shape index (κ3) is 5.00. The number of anilines is 2. The minimum Gasteiger partial charge on any atom is -0.396 e. The zero-order valence-electron chi connectivity index (χ0n) is 12.0. The monoisotopic (exact) mass is 324 g/mol. The van der Waals surface area contributed by atoms with Crippen LogP contribution in [0.2, 0.25) is 0 Å². The van der Waals surface area contributed by atoms with E-state index in [4.69, 9.17) is 5.11 Å². The largest absolute Gasteiger partial charge is 0.416 e. The van der Waals surface area contributed by atoms with Crippen molar-refractivity contribution < 1.29 is 23.1 Å². The van der Waals surface area contributed by atoms with Crippen molar-refractivity contribution in [3.8, 4) is 0 Å². The number of rotatable bonds is 4. The summed E-state index contributed by atoms with van der Waals surface area (Å²) in [4.78, 5) is 11.8.